The van der Waals surface area contributed by atoms with Crippen molar-refractivity contribution in [1.82, 2.24) is 9.78 Å². The monoisotopic (exact) mass is 260 g/mol. The number of amides is 1. The Balaban J connectivity index is 2.20. The van der Waals surface area contributed by atoms with E-state index in [0.29, 0.717) is 22.7 Å². The predicted molar refractivity (Wildman–Crippen MR) is 72.1 cm³/mol. The van der Waals surface area contributed by atoms with Crippen molar-refractivity contribution in [2.24, 2.45) is 5.73 Å². The molecule has 0 bridgehead atoms. The standard InChI is InChI=1S/C13H16N4O2/c1-8(2)17-7-10(6-16-17)19-12-4-3-9(13(15)18)5-11(12)14/h3-8H,14H2,1-2H3,(H2,15,18). The van der Waals surface area contributed by atoms with Gasteiger partial charge in [0, 0.05) is 11.6 Å². The summed E-state index contributed by atoms with van der Waals surface area (Å²) >= 11 is 0. The topological polar surface area (TPSA) is 96.2 Å². The van der Waals surface area contributed by atoms with Crippen LogP contribution in [0, 0.1) is 0 Å². The number of hydrogen-bond acceptors (Lipinski definition) is 4. The van der Waals surface area contributed by atoms with Crippen LogP contribution in [-0.2, 0) is 0 Å². The van der Waals surface area contributed by atoms with Crippen LogP contribution in [-0.4, -0.2) is 15.7 Å². The molecule has 0 saturated heterocycles. The molecule has 1 heterocycles. The lowest BCUT2D eigenvalue weighted by Gasteiger charge is -2.07. The summed E-state index contributed by atoms with van der Waals surface area (Å²) in [5, 5.41) is 4.16. The minimum absolute atomic E-state index is 0.256. The fraction of sp³-hybridized carbons (Fsp3) is 0.231. The smallest absolute Gasteiger partial charge is 0.248 e. The van der Waals surface area contributed by atoms with E-state index in [9.17, 15) is 4.79 Å². The lowest BCUT2D eigenvalue weighted by molar-refractivity contribution is 0.100. The minimum Gasteiger partial charge on any atom is -0.452 e. The van der Waals surface area contributed by atoms with E-state index < -0.39 is 5.91 Å². The van der Waals surface area contributed by atoms with Gasteiger partial charge in [-0.2, -0.15) is 5.10 Å². The number of rotatable bonds is 4. The number of primary amides is 1. The third-order valence-electron chi connectivity index (χ3n) is 2.63. The second kappa shape index (κ2) is 5.01. The van der Waals surface area contributed by atoms with E-state index in [-0.39, 0.29) is 6.04 Å². The van der Waals surface area contributed by atoms with Gasteiger partial charge in [0.2, 0.25) is 5.91 Å². The first-order valence-electron chi connectivity index (χ1n) is 5.88. The maximum Gasteiger partial charge on any atom is 0.248 e. The second-order valence-corrected chi connectivity index (χ2v) is 4.47. The van der Waals surface area contributed by atoms with E-state index in [1.807, 2.05) is 13.8 Å². The van der Waals surface area contributed by atoms with Gasteiger partial charge in [-0.15, -0.1) is 0 Å². The molecule has 1 aromatic heterocycles. The molecule has 6 heteroatoms. The molecule has 0 aliphatic rings. The third kappa shape index (κ3) is 2.85. The van der Waals surface area contributed by atoms with E-state index in [4.69, 9.17) is 16.2 Å². The summed E-state index contributed by atoms with van der Waals surface area (Å²) in [6.07, 6.45) is 3.40. The zero-order valence-electron chi connectivity index (χ0n) is 10.8. The Labute approximate surface area is 111 Å². The molecule has 6 nitrogen and oxygen atoms in total. The van der Waals surface area contributed by atoms with Gasteiger partial charge in [-0.25, -0.2) is 0 Å². The number of ether oxygens (including phenoxy) is 1. The molecule has 0 unspecified atom stereocenters. The Kier molecular flexibility index (Phi) is 3.41. The van der Waals surface area contributed by atoms with Gasteiger partial charge in [-0.1, -0.05) is 0 Å². The van der Waals surface area contributed by atoms with E-state index in [1.165, 1.54) is 6.07 Å². The predicted octanol–water partition coefficient (Wildman–Crippen LogP) is 1.94. The Morgan fingerprint density at radius 3 is 2.68 bits per heavy atom. The van der Waals surface area contributed by atoms with Gasteiger partial charge in [0.1, 0.15) is 0 Å². The van der Waals surface area contributed by atoms with Crippen LogP contribution >= 0.6 is 0 Å². The number of nitrogens with zero attached hydrogens (tertiary/aromatic N) is 2. The first-order chi connectivity index (χ1) is 8.97. The van der Waals surface area contributed by atoms with Crippen LogP contribution < -0.4 is 16.2 Å². The Hall–Kier alpha value is -2.50. The maximum atomic E-state index is 11.0. The summed E-state index contributed by atoms with van der Waals surface area (Å²) in [5.41, 5.74) is 11.7. The fourth-order valence-electron chi connectivity index (χ4n) is 1.58. The number of aromatic nitrogens is 2. The summed E-state index contributed by atoms with van der Waals surface area (Å²) in [5.74, 6) is 0.534. The first-order valence-corrected chi connectivity index (χ1v) is 5.88. The molecule has 0 saturated carbocycles. The summed E-state index contributed by atoms with van der Waals surface area (Å²) in [6.45, 7) is 4.04. The summed E-state index contributed by atoms with van der Waals surface area (Å²) in [4.78, 5) is 11.0. The molecule has 1 amide bonds. The van der Waals surface area contributed by atoms with Crippen molar-refractivity contribution in [2.45, 2.75) is 19.9 Å². The molecular formula is C13H16N4O2. The summed E-state index contributed by atoms with van der Waals surface area (Å²) in [7, 11) is 0. The Morgan fingerprint density at radius 2 is 2.16 bits per heavy atom. The maximum absolute atomic E-state index is 11.0. The lowest BCUT2D eigenvalue weighted by atomic mass is 10.2. The number of anilines is 1. The van der Waals surface area contributed by atoms with Crippen LogP contribution in [0.15, 0.2) is 30.6 Å². The highest BCUT2D eigenvalue weighted by Crippen LogP contribution is 2.28. The number of carbonyl (C=O) groups excluding carboxylic acids is 1. The van der Waals surface area contributed by atoms with Gasteiger partial charge in [0.05, 0.1) is 18.1 Å². The van der Waals surface area contributed by atoms with Crippen LogP contribution in [0.25, 0.3) is 0 Å². The molecule has 0 atom stereocenters. The van der Waals surface area contributed by atoms with Gasteiger partial charge < -0.3 is 16.2 Å². The molecule has 19 heavy (non-hydrogen) atoms. The Bertz CT molecular complexity index is 604. The third-order valence-corrected chi connectivity index (χ3v) is 2.63. The van der Waals surface area contributed by atoms with Crippen LogP contribution in [0.2, 0.25) is 0 Å². The highest BCUT2D eigenvalue weighted by atomic mass is 16.5. The van der Waals surface area contributed by atoms with Crippen LogP contribution in [0.5, 0.6) is 11.5 Å². The van der Waals surface area contributed by atoms with E-state index >= 15 is 0 Å². The quantitative estimate of drug-likeness (QED) is 0.821. The van der Waals surface area contributed by atoms with E-state index in [2.05, 4.69) is 5.10 Å². The normalized spacial score (nSPS) is 10.7. The number of nitrogens with two attached hydrogens (primary N) is 2. The number of nitrogen functional groups attached to an aromatic ring is 1. The summed E-state index contributed by atoms with van der Waals surface area (Å²) in [6, 6.07) is 4.93. The van der Waals surface area contributed by atoms with Crippen molar-refractivity contribution >= 4 is 11.6 Å². The fourth-order valence-corrected chi connectivity index (χ4v) is 1.58. The van der Waals surface area contributed by atoms with Gasteiger partial charge in [-0.05, 0) is 32.0 Å². The molecule has 0 fully saturated rings. The average Bonchev–Trinajstić information content (AvgIpc) is 2.80. The van der Waals surface area contributed by atoms with Crippen LogP contribution in [0.1, 0.15) is 30.2 Å². The highest BCUT2D eigenvalue weighted by molar-refractivity contribution is 5.94. The van der Waals surface area contributed by atoms with Gasteiger partial charge in [-0.3, -0.25) is 9.48 Å². The Morgan fingerprint density at radius 1 is 1.42 bits per heavy atom. The molecule has 1 aromatic carbocycles. The first kappa shape index (κ1) is 12.9. The number of benzene rings is 1. The highest BCUT2D eigenvalue weighted by Gasteiger charge is 2.08. The van der Waals surface area contributed by atoms with Crippen molar-refractivity contribution in [3.63, 3.8) is 0 Å². The molecule has 4 N–H and O–H groups in total. The van der Waals surface area contributed by atoms with Crippen LogP contribution in [0.3, 0.4) is 0 Å². The van der Waals surface area contributed by atoms with Gasteiger partial charge in [0.25, 0.3) is 0 Å². The van der Waals surface area contributed by atoms with Crippen molar-refractivity contribution in [3.05, 3.63) is 36.2 Å². The minimum atomic E-state index is -0.522. The lowest BCUT2D eigenvalue weighted by Crippen LogP contribution is -2.11. The summed E-state index contributed by atoms with van der Waals surface area (Å²) < 4.78 is 7.40. The molecule has 2 aromatic rings. The van der Waals surface area contributed by atoms with Crippen molar-refractivity contribution < 1.29 is 9.53 Å². The zero-order chi connectivity index (χ0) is 14.0. The van der Waals surface area contributed by atoms with Gasteiger partial charge >= 0.3 is 0 Å². The molecule has 0 spiro atoms. The van der Waals surface area contributed by atoms with Gasteiger partial charge in [0.15, 0.2) is 11.5 Å². The molecule has 0 aliphatic heterocycles. The van der Waals surface area contributed by atoms with E-state index in [0.717, 1.165) is 0 Å². The number of hydrogen-bond donors (Lipinski definition) is 2. The number of carbonyl (C=O) groups is 1. The largest absolute Gasteiger partial charge is 0.452 e. The van der Waals surface area contributed by atoms with Crippen molar-refractivity contribution in [3.8, 4) is 11.5 Å². The molecular weight excluding hydrogens is 244 g/mol. The zero-order valence-corrected chi connectivity index (χ0v) is 10.8. The second-order valence-electron chi connectivity index (χ2n) is 4.47. The van der Waals surface area contributed by atoms with E-state index in [1.54, 1.807) is 29.2 Å². The molecule has 2 rings (SSSR count). The molecule has 0 radical (unpaired) electrons. The SMILES string of the molecule is CC(C)n1cc(Oc2ccc(C(N)=O)cc2N)cn1. The molecule has 0 aliphatic carbocycles. The average molecular weight is 260 g/mol. The van der Waals surface area contributed by atoms with Crippen LogP contribution in [0.4, 0.5) is 5.69 Å². The molecule has 100 valence electrons. The van der Waals surface area contributed by atoms with Crippen molar-refractivity contribution in [2.75, 3.05) is 5.73 Å². The van der Waals surface area contributed by atoms with Crippen molar-refractivity contribution in [1.29, 1.82) is 0 Å².